The third kappa shape index (κ3) is 4.30. The maximum absolute atomic E-state index is 13.4. The van der Waals surface area contributed by atoms with Gasteiger partial charge in [-0.25, -0.2) is 13.4 Å². The third-order valence-electron chi connectivity index (χ3n) is 5.35. The van der Waals surface area contributed by atoms with E-state index < -0.39 is 15.9 Å². The summed E-state index contributed by atoms with van der Waals surface area (Å²) >= 11 is 0. The topological polar surface area (TPSA) is 100 Å². The number of hydrogen-bond acceptors (Lipinski definition) is 6. The van der Waals surface area contributed by atoms with E-state index in [2.05, 4.69) is 5.10 Å². The van der Waals surface area contributed by atoms with Crippen molar-refractivity contribution >= 4 is 33.1 Å². The largest absolute Gasteiger partial charge is 0.467 e. The molecule has 3 heterocycles. The minimum atomic E-state index is -3.17. The van der Waals surface area contributed by atoms with Gasteiger partial charge in [0.15, 0.2) is 9.84 Å². The molecule has 0 aliphatic carbocycles. The Kier molecular flexibility index (Phi) is 5.46. The molecule has 0 saturated carbocycles. The highest BCUT2D eigenvalue weighted by Gasteiger charge is 2.38. The van der Waals surface area contributed by atoms with E-state index >= 15 is 0 Å². The van der Waals surface area contributed by atoms with Gasteiger partial charge in [-0.2, -0.15) is 5.10 Å². The Balaban J connectivity index is 1.63. The molecule has 0 unspecified atom stereocenters. The second kappa shape index (κ2) is 8.06. The number of carbonyl (C=O) groups excluding carboxylic acids is 2. The van der Waals surface area contributed by atoms with Crippen LogP contribution in [0.25, 0.3) is 0 Å². The molecule has 1 saturated heterocycles. The van der Waals surface area contributed by atoms with E-state index in [1.54, 1.807) is 23.3 Å². The summed E-state index contributed by atoms with van der Waals surface area (Å²) in [4.78, 5) is 27.3. The summed E-state index contributed by atoms with van der Waals surface area (Å²) in [5, 5.41) is 5.53. The summed E-state index contributed by atoms with van der Waals surface area (Å²) in [7, 11) is -3.17. The smallest absolute Gasteiger partial charge is 0.274 e. The lowest BCUT2D eigenvalue weighted by Gasteiger charge is -2.29. The van der Waals surface area contributed by atoms with Crippen LogP contribution in [-0.2, 0) is 26.0 Å². The van der Waals surface area contributed by atoms with Crippen molar-refractivity contribution in [2.75, 3.05) is 16.4 Å². The summed E-state index contributed by atoms with van der Waals surface area (Å²) in [5.41, 5.74) is 2.00. The van der Waals surface area contributed by atoms with E-state index in [9.17, 15) is 18.0 Å². The Hall–Kier alpha value is -2.94. The van der Waals surface area contributed by atoms with Crippen LogP contribution >= 0.6 is 0 Å². The molecule has 30 heavy (non-hydrogen) atoms. The maximum Gasteiger partial charge on any atom is 0.274 e. The van der Waals surface area contributed by atoms with Crippen LogP contribution in [0.15, 0.2) is 52.2 Å². The number of anilines is 1. The fourth-order valence-corrected chi connectivity index (χ4v) is 5.39. The zero-order valence-corrected chi connectivity index (χ0v) is 17.5. The lowest BCUT2D eigenvalue weighted by Crippen LogP contribution is -2.45. The molecule has 0 radical (unpaired) electrons. The number of sulfone groups is 1. The number of rotatable bonds is 5. The number of benzene rings is 1. The predicted octanol–water partition coefficient (Wildman–Crippen LogP) is 2.29. The van der Waals surface area contributed by atoms with E-state index in [-0.39, 0.29) is 48.4 Å². The number of amides is 2. The lowest BCUT2D eigenvalue weighted by atomic mass is 10.1. The highest BCUT2D eigenvalue weighted by molar-refractivity contribution is 7.91. The second-order valence-electron chi connectivity index (χ2n) is 7.65. The number of furan rings is 1. The monoisotopic (exact) mass is 429 g/mol. The molecule has 1 atom stereocenters. The molecule has 2 aromatic rings. The Bertz CT molecular complexity index is 1070. The van der Waals surface area contributed by atoms with Crippen molar-refractivity contribution < 1.29 is 22.4 Å². The van der Waals surface area contributed by atoms with Crippen LogP contribution < -0.4 is 4.90 Å². The van der Waals surface area contributed by atoms with Crippen molar-refractivity contribution in [3.05, 3.63) is 54.0 Å². The number of hydrazone groups is 1. The highest BCUT2D eigenvalue weighted by Crippen LogP contribution is 2.25. The Labute approximate surface area is 175 Å². The van der Waals surface area contributed by atoms with E-state index in [1.807, 2.05) is 31.2 Å². The maximum atomic E-state index is 13.4. The molecule has 2 aliphatic rings. The molecule has 0 N–H and O–H groups in total. The summed E-state index contributed by atoms with van der Waals surface area (Å²) in [6.07, 6.45) is 2.23. The molecular weight excluding hydrogens is 406 g/mol. The van der Waals surface area contributed by atoms with Crippen molar-refractivity contribution in [2.45, 2.75) is 38.8 Å². The molecule has 4 rings (SSSR count). The number of hydrogen-bond donors (Lipinski definition) is 0. The standard InChI is InChI=1S/C21H23N3O5S/c1-15-4-6-16(7-5-15)23(13-18-3-2-11-29-18)21(26)19-8-9-20(25)24(22-19)17-10-12-30(27,28)14-17/h2-7,11,17H,8-10,12-14H2,1H3/t17-/m1/s1. The zero-order chi connectivity index (χ0) is 21.3. The van der Waals surface area contributed by atoms with Crippen LogP contribution in [0.2, 0.25) is 0 Å². The predicted molar refractivity (Wildman–Crippen MR) is 112 cm³/mol. The van der Waals surface area contributed by atoms with Crippen molar-refractivity contribution in [2.24, 2.45) is 5.10 Å². The Morgan fingerprint density at radius 2 is 2.00 bits per heavy atom. The lowest BCUT2D eigenvalue weighted by molar-refractivity contribution is -0.133. The van der Waals surface area contributed by atoms with E-state index in [0.29, 0.717) is 17.9 Å². The van der Waals surface area contributed by atoms with Crippen LogP contribution in [0.5, 0.6) is 0 Å². The Morgan fingerprint density at radius 1 is 1.23 bits per heavy atom. The second-order valence-corrected chi connectivity index (χ2v) is 9.88. The average Bonchev–Trinajstić information content (AvgIpc) is 3.36. The van der Waals surface area contributed by atoms with Gasteiger partial charge in [-0.1, -0.05) is 17.7 Å². The number of nitrogens with zero attached hydrogens (tertiary/aromatic N) is 3. The molecule has 0 spiro atoms. The molecule has 8 nitrogen and oxygen atoms in total. The van der Waals surface area contributed by atoms with Crippen LogP contribution in [-0.4, -0.2) is 48.5 Å². The average molecular weight is 429 g/mol. The molecule has 158 valence electrons. The normalized spacial score (nSPS) is 20.8. The van der Waals surface area contributed by atoms with Crippen molar-refractivity contribution in [1.82, 2.24) is 5.01 Å². The molecule has 2 aliphatic heterocycles. The van der Waals surface area contributed by atoms with Crippen LogP contribution in [0.1, 0.15) is 30.6 Å². The van der Waals surface area contributed by atoms with Gasteiger partial charge in [0, 0.05) is 18.5 Å². The first-order valence-corrected chi connectivity index (χ1v) is 11.7. The van der Waals surface area contributed by atoms with Crippen LogP contribution in [0.4, 0.5) is 5.69 Å². The third-order valence-corrected chi connectivity index (χ3v) is 7.10. The summed E-state index contributed by atoms with van der Waals surface area (Å²) in [5.74, 6) is -0.0308. The van der Waals surface area contributed by atoms with Gasteiger partial charge in [0.2, 0.25) is 5.91 Å². The first-order chi connectivity index (χ1) is 14.3. The van der Waals surface area contributed by atoms with Crippen molar-refractivity contribution in [3.8, 4) is 0 Å². The van der Waals surface area contributed by atoms with E-state index in [4.69, 9.17) is 4.42 Å². The molecule has 2 amide bonds. The van der Waals surface area contributed by atoms with Gasteiger partial charge >= 0.3 is 0 Å². The van der Waals surface area contributed by atoms with Crippen molar-refractivity contribution in [3.63, 3.8) is 0 Å². The first kappa shape index (κ1) is 20.3. The van der Waals surface area contributed by atoms with Gasteiger partial charge < -0.3 is 4.42 Å². The zero-order valence-electron chi connectivity index (χ0n) is 16.7. The quantitative estimate of drug-likeness (QED) is 0.726. The van der Waals surface area contributed by atoms with E-state index in [0.717, 1.165) is 5.56 Å². The highest BCUT2D eigenvalue weighted by atomic mass is 32.2. The van der Waals surface area contributed by atoms with Crippen LogP contribution in [0.3, 0.4) is 0 Å². The molecule has 0 bridgehead atoms. The molecule has 9 heteroatoms. The van der Waals surface area contributed by atoms with Crippen molar-refractivity contribution in [1.29, 1.82) is 0 Å². The molecule has 1 aromatic carbocycles. The van der Waals surface area contributed by atoms with Gasteiger partial charge in [-0.3, -0.25) is 14.5 Å². The first-order valence-electron chi connectivity index (χ1n) is 9.83. The summed E-state index contributed by atoms with van der Waals surface area (Å²) < 4.78 is 29.1. The molecule has 1 fully saturated rings. The fraction of sp³-hybridized carbons (Fsp3) is 0.381. The molecule has 1 aromatic heterocycles. The van der Waals surface area contributed by atoms with Gasteiger partial charge in [0.05, 0.1) is 30.4 Å². The van der Waals surface area contributed by atoms with Gasteiger partial charge in [-0.05, 0) is 37.6 Å². The SMILES string of the molecule is Cc1ccc(N(Cc2ccco2)C(=O)C2=NN([C@@H]3CCS(=O)(=O)C3)C(=O)CC2)cc1. The van der Waals surface area contributed by atoms with E-state index in [1.165, 1.54) is 5.01 Å². The minimum absolute atomic E-state index is 0.0359. The van der Waals surface area contributed by atoms with Gasteiger partial charge in [0.25, 0.3) is 5.91 Å². The molecular formula is C21H23N3O5S. The summed E-state index contributed by atoms with van der Waals surface area (Å²) in [6, 6.07) is 10.6. The Morgan fingerprint density at radius 3 is 2.63 bits per heavy atom. The fourth-order valence-electron chi connectivity index (χ4n) is 3.70. The van der Waals surface area contributed by atoms with Gasteiger partial charge in [-0.15, -0.1) is 0 Å². The summed E-state index contributed by atoms with van der Waals surface area (Å²) in [6.45, 7) is 2.19. The number of aryl methyl sites for hydroxylation is 1. The number of carbonyl (C=O) groups is 2. The van der Waals surface area contributed by atoms with Crippen LogP contribution in [0, 0.1) is 6.92 Å². The minimum Gasteiger partial charge on any atom is -0.467 e. The van der Waals surface area contributed by atoms with Gasteiger partial charge in [0.1, 0.15) is 11.5 Å².